The third-order valence-electron chi connectivity index (χ3n) is 1.50. The Morgan fingerprint density at radius 1 is 1.46 bits per heavy atom. The number of nitro benzene ring substituents is 1. The van der Waals surface area contributed by atoms with E-state index in [1.807, 2.05) is 0 Å². The van der Waals surface area contributed by atoms with Crippen molar-refractivity contribution in [1.82, 2.24) is 0 Å². The highest BCUT2D eigenvalue weighted by molar-refractivity contribution is 6.38. The van der Waals surface area contributed by atoms with Gasteiger partial charge in [-0.3, -0.25) is 10.1 Å². The zero-order chi connectivity index (χ0) is 10.2. The third kappa shape index (κ3) is 1.73. The van der Waals surface area contributed by atoms with Crippen LogP contribution in [0.2, 0.25) is 10.0 Å². The van der Waals surface area contributed by atoms with Gasteiger partial charge in [0.15, 0.2) is 5.02 Å². The van der Waals surface area contributed by atoms with Gasteiger partial charge in [-0.15, -0.1) is 0 Å². The summed E-state index contributed by atoms with van der Waals surface area (Å²) >= 11 is 10.9. The van der Waals surface area contributed by atoms with Crippen LogP contribution >= 0.6 is 23.2 Å². The molecule has 6 heteroatoms. The van der Waals surface area contributed by atoms with Gasteiger partial charge in [0.2, 0.25) is 0 Å². The van der Waals surface area contributed by atoms with Crippen molar-refractivity contribution in [2.24, 2.45) is 0 Å². The molecule has 0 N–H and O–H groups in total. The maximum absolute atomic E-state index is 12.9. The summed E-state index contributed by atoms with van der Waals surface area (Å²) in [6, 6.07) is 1.05. The zero-order valence-electron chi connectivity index (χ0n) is 6.47. The second-order valence-electron chi connectivity index (χ2n) is 2.41. The molecule has 3 nitrogen and oxygen atoms in total. The van der Waals surface area contributed by atoms with Crippen molar-refractivity contribution in [2.75, 3.05) is 0 Å². The summed E-state index contributed by atoms with van der Waals surface area (Å²) in [6.07, 6.45) is 0. The Morgan fingerprint density at radius 2 is 2.00 bits per heavy atom. The molecule has 0 unspecified atom stereocenters. The molecular weight excluding hydrogens is 220 g/mol. The first-order valence-electron chi connectivity index (χ1n) is 3.23. The Hall–Kier alpha value is -0.870. The fraction of sp³-hybridized carbons (Fsp3) is 0.143. The van der Waals surface area contributed by atoms with E-state index in [1.54, 1.807) is 0 Å². The van der Waals surface area contributed by atoms with Crippen molar-refractivity contribution < 1.29 is 9.31 Å². The quantitative estimate of drug-likeness (QED) is 0.417. The van der Waals surface area contributed by atoms with Gasteiger partial charge in [-0.05, 0) is 18.6 Å². The van der Waals surface area contributed by atoms with Crippen LogP contribution in [0.1, 0.15) is 5.56 Å². The lowest BCUT2D eigenvalue weighted by atomic mass is 10.2. The summed E-state index contributed by atoms with van der Waals surface area (Å²) in [5.74, 6) is -0.838. The molecule has 0 saturated heterocycles. The SMILES string of the molecule is Cc1cc(F)c(Cl)c([N+](=O)[O-])c1Cl. The topological polar surface area (TPSA) is 43.1 Å². The fourth-order valence-corrected chi connectivity index (χ4v) is 1.36. The molecule has 1 aromatic rings. The molecule has 0 fully saturated rings. The summed E-state index contributed by atoms with van der Waals surface area (Å²) in [6.45, 7) is 1.47. The van der Waals surface area contributed by atoms with Crippen molar-refractivity contribution in [2.45, 2.75) is 6.92 Å². The molecule has 0 atom stereocenters. The van der Waals surface area contributed by atoms with Crippen LogP contribution in [0.5, 0.6) is 0 Å². The second kappa shape index (κ2) is 3.47. The van der Waals surface area contributed by atoms with Crippen LogP contribution in [0.3, 0.4) is 0 Å². The Labute approximate surface area is 83.2 Å². The molecule has 70 valence electrons. The first-order valence-corrected chi connectivity index (χ1v) is 3.99. The lowest BCUT2D eigenvalue weighted by Crippen LogP contribution is -1.94. The number of halogens is 3. The number of rotatable bonds is 1. The Bertz CT molecular complexity index is 355. The molecule has 0 radical (unpaired) electrons. The van der Waals surface area contributed by atoms with Crippen LogP contribution in [0.25, 0.3) is 0 Å². The summed E-state index contributed by atoms with van der Waals surface area (Å²) in [5, 5.41) is 9.73. The van der Waals surface area contributed by atoms with Crippen molar-refractivity contribution in [1.29, 1.82) is 0 Å². The molecule has 1 rings (SSSR count). The predicted molar refractivity (Wildman–Crippen MR) is 47.8 cm³/mol. The number of nitro groups is 1. The van der Waals surface area contributed by atoms with E-state index in [0.717, 1.165) is 6.07 Å². The first kappa shape index (κ1) is 10.2. The van der Waals surface area contributed by atoms with Gasteiger partial charge < -0.3 is 0 Å². The fourth-order valence-electron chi connectivity index (χ4n) is 0.873. The maximum Gasteiger partial charge on any atom is 0.309 e. The van der Waals surface area contributed by atoms with Crippen LogP contribution < -0.4 is 0 Å². The molecule has 0 saturated carbocycles. The number of nitrogens with zero attached hydrogens (tertiary/aromatic N) is 1. The van der Waals surface area contributed by atoms with E-state index >= 15 is 0 Å². The molecule has 0 bridgehead atoms. The van der Waals surface area contributed by atoms with Crippen molar-refractivity contribution in [3.63, 3.8) is 0 Å². The van der Waals surface area contributed by atoms with Gasteiger partial charge in [0, 0.05) is 0 Å². The molecule has 0 spiro atoms. The van der Waals surface area contributed by atoms with Crippen LogP contribution in [0.15, 0.2) is 6.07 Å². The Balaban J connectivity index is 3.56. The molecule has 0 heterocycles. The van der Waals surface area contributed by atoms with Crippen LogP contribution in [0.4, 0.5) is 10.1 Å². The Kier molecular flexibility index (Phi) is 2.73. The van der Waals surface area contributed by atoms with Gasteiger partial charge in [-0.1, -0.05) is 23.2 Å². The molecule has 0 aliphatic heterocycles. The van der Waals surface area contributed by atoms with Gasteiger partial charge in [0.1, 0.15) is 10.8 Å². The van der Waals surface area contributed by atoms with Gasteiger partial charge in [0.05, 0.1) is 4.92 Å². The standard InChI is InChI=1S/C7H4Cl2FNO2/c1-3-2-4(10)6(9)7(5(3)8)11(12)13/h2H,1H3. The minimum absolute atomic E-state index is 0.128. The summed E-state index contributed by atoms with van der Waals surface area (Å²) in [4.78, 5) is 9.61. The summed E-state index contributed by atoms with van der Waals surface area (Å²) < 4.78 is 12.9. The highest BCUT2D eigenvalue weighted by atomic mass is 35.5. The molecule has 0 aliphatic rings. The van der Waals surface area contributed by atoms with Gasteiger partial charge in [-0.2, -0.15) is 0 Å². The average molecular weight is 224 g/mol. The van der Waals surface area contributed by atoms with Crippen molar-refractivity contribution in [3.8, 4) is 0 Å². The van der Waals surface area contributed by atoms with E-state index in [2.05, 4.69) is 0 Å². The second-order valence-corrected chi connectivity index (χ2v) is 3.16. The van der Waals surface area contributed by atoms with Gasteiger partial charge in [0.25, 0.3) is 0 Å². The van der Waals surface area contributed by atoms with Crippen molar-refractivity contribution in [3.05, 3.63) is 37.6 Å². The summed E-state index contributed by atoms with van der Waals surface area (Å²) in [5.41, 5.74) is -0.295. The third-order valence-corrected chi connectivity index (χ3v) is 2.33. The minimum Gasteiger partial charge on any atom is -0.258 e. The van der Waals surface area contributed by atoms with Gasteiger partial charge in [-0.25, -0.2) is 4.39 Å². The predicted octanol–water partition coefficient (Wildman–Crippen LogP) is 3.35. The first-order chi connectivity index (χ1) is 5.95. The van der Waals surface area contributed by atoms with Crippen LogP contribution in [-0.2, 0) is 0 Å². The van der Waals surface area contributed by atoms with E-state index in [0.29, 0.717) is 0 Å². The molecule has 0 aromatic heterocycles. The molecule has 0 amide bonds. The largest absolute Gasteiger partial charge is 0.309 e. The number of hydrogen-bond donors (Lipinski definition) is 0. The lowest BCUT2D eigenvalue weighted by molar-refractivity contribution is -0.384. The monoisotopic (exact) mass is 223 g/mol. The molecule has 13 heavy (non-hydrogen) atoms. The Morgan fingerprint density at radius 3 is 2.46 bits per heavy atom. The highest BCUT2D eigenvalue weighted by Crippen LogP contribution is 2.36. The van der Waals surface area contributed by atoms with E-state index < -0.39 is 21.5 Å². The molecular formula is C7H4Cl2FNO2. The smallest absolute Gasteiger partial charge is 0.258 e. The number of aryl methyl sites for hydroxylation is 1. The number of hydrogen-bond acceptors (Lipinski definition) is 2. The van der Waals surface area contributed by atoms with Crippen molar-refractivity contribution >= 4 is 28.9 Å². The van der Waals surface area contributed by atoms with E-state index in [9.17, 15) is 14.5 Å². The average Bonchev–Trinajstić information content (AvgIpc) is 2.01. The van der Waals surface area contributed by atoms with Crippen LogP contribution in [-0.4, -0.2) is 4.92 Å². The van der Waals surface area contributed by atoms with E-state index in [4.69, 9.17) is 23.2 Å². The normalized spacial score (nSPS) is 10.2. The highest BCUT2D eigenvalue weighted by Gasteiger charge is 2.23. The van der Waals surface area contributed by atoms with Crippen LogP contribution in [0, 0.1) is 22.9 Å². The molecule has 1 aromatic carbocycles. The summed E-state index contributed by atoms with van der Waals surface area (Å²) in [7, 11) is 0. The lowest BCUT2D eigenvalue weighted by Gasteiger charge is -2.02. The van der Waals surface area contributed by atoms with E-state index in [-0.39, 0.29) is 10.6 Å². The van der Waals surface area contributed by atoms with Gasteiger partial charge >= 0.3 is 5.69 Å². The molecule has 0 aliphatic carbocycles. The number of benzene rings is 1. The van der Waals surface area contributed by atoms with E-state index in [1.165, 1.54) is 6.92 Å². The minimum atomic E-state index is -0.838. The zero-order valence-corrected chi connectivity index (χ0v) is 7.99. The maximum atomic E-state index is 12.9.